The maximum absolute atomic E-state index is 13.4. The van der Waals surface area contributed by atoms with Gasteiger partial charge in [0.1, 0.15) is 22.9 Å². The van der Waals surface area contributed by atoms with Crippen molar-refractivity contribution in [2.75, 3.05) is 0 Å². The fraction of sp³-hybridized carbons (Fsp3) is 0.429. The van der Waals surface area contributed by atoms with Gasteiger partial charge in [0.2, 0.25) is 0 Å². The Bertz CT molecular complexity index is 719. The van der Waals surface area contributed by atoms with Crippen LogP contribution in [-0.2, 0) is 11.0 Å². The standard InChI is InChI=1S/C14H17BrFN3OS/c1-9(16)10-5-12(15)13-18-11(8-19(13)7-10)6-17-21(20)14(2,3)4/h5-9H,1-4H3/b17-6+. The molecule has 2 heterocycles. The molecule has 114 valence electrons. The molecule has 0 aliphatic heterocycles. The molecule has 2 rings (SSSR count). The molecule has 2 aromatic heterocycles. The second kappa shape index (κ2) is 5.96. The van der Waals surface area contributed by atoms with Crippen molar-refractivity contribution >= 4 is 38.8 Å². The number of imidazole rings is 1. The van der Waals surface area contributed by atoms with Crippen LogP contribution in [0, 0.1) is 0 Å². The number of alkyl halides is 1. The van der Waals surface area contributed by atoms with E-state index in [0.717, 1.165) is 0 Å². The van der Waals surface area contributed by atoms with E-state index in [1.807, 2.05) is 20.8 Å². The van der Waals surface area contributed by atoms with E-state index in [0.29, 0.717) is 21.4 Å². The predicted molar refractivity (Wildman–Crippen MR) is 87.9 cm³/mol. The first kappa shape index (κ1) is 16.3. The van der Waals surface area contributed by atoms with E-state index < -0.39 is 21.9 Å². The lowest BCUT2D eigenvalue weighted by molar-refractivity contribution is 0.373. The summed E-state index contributed by atoms with van der Waals surface area (Å²) in [6.07, 6.45) is 3.85. The third-order valence-electron chi connectivity index (χ3n) is 2.81. The first-order valence-corrected chi connectivity index (χ1v) is 8.37. The average Bonchev–Trinajstić information content (AvgIpc) is 2.78. The summed E-state index contributed by atoms with van der Waals surface area (Å²) in [7, 11) is -1.33. The van der Waals surface area contributed by atoms with E-state index in [1.165, 1.54) is 13.1 Å². The van der Waals surface area contributed by atoms with E-state index in [-0.39, 0.29) is 0 Å². The number of nitrogens with zero attached hydrogens (tertiary/aromatic N) is 3. The molecule has 0 fully saturated rings. The molecule has 2 unspecified atom stereocenters. The topological polar surface area (TPSA) is 46.7 Å². The fourth-order valence-electron chi connectivity index (χ4n) is 1.64. The maximum atomic E-state index is 13.4. The quantitative estimate of drug-likeness (QED) is 0.763. The van der Waals surface area contributed by atoms with Crippen molar-refractivity contribution in [3.8, 4) is 0 Å². The normalized spacial score (nSPS) is 15.7. The minimum absolute atomic E-state index is 0.410. The third-order valence-corrected chi connectivity index (χ3v) is 4.74. The zero-order valence-electron chi connectivity index (χ0n) is 12.3. The van der Waals surface area contributed by atoms with Gasteiger partial charge in [-0.15, -0.1) is 0 Å². The smallest absolute Gasteiger partial charge is 0.151 e. The largest absolute Gasteiger partial charge is 0.305 e. The molecule has 0 amide bonds. The van der Waals surface area contributed by atoms with Gasteiger partial charge in [0.15, 0.2) is 5.65 Å². The van der Waals surface area contributed by atoms with Crippen molar-refractivity contribution in [1.82, 2.24) is 9.38 Å². The number of hydrogen-bond donors (Lipinski definition) is 0. The van der Waals surface area contributed by atoms with Crippen LogP contribution in [-0.4, -0.2) is 24.6 Å². The van der Waals surface area contributed by atoms with Gasteiger partial charge in [-0.05, 0) is 49.7 Å². The molecule has 0 spiro atoms. The highest BCUT2D eigenvalue weighted by atomic mass is 79.9. The molecule has 0 aromatic carbocycles. The summed E-state index contributed by atoms with van der Waals surface area (Å²) in [5.74, 6) is 0. The van der Waals surface area contributed by atoms with Crippen LogP contribution in [0.4, 0.5) is 4.39 Å². The lowest BCUT2D eigenvalue weighted by atomic mass is 10.2. The Morgan fingerprint density at radius 3 is 2.71 bits per heavy atom. The molecule has 0 radical (unpaired) electrons. The highest BCUT2D eigenvalue weighted by Gasteiger charge is 2.18. The van der Waals surface area contributed by atoms with Gasteiger partial charge >= 0.3 is 0 Å². The second-order valence-corrected chi connectivity index (χ2v) is 8.52. The molecule has 0 aliphatic carbocycles. The van der Waals surface area contributed by atoms with Crippen molar-refractivity contribution in [2.45, 2.75) is 38.6 Å². The molecule has 0 bridgehead atoms. The lowest BCUT2D eigenvalue weighted by Gasteiger charge is -2.12. The SMILES string of the molecule is CC(F)c1cc(Br)c2nc(/C=N/S(=O)C(C)(C)C)cn2c1. The summed E-state index contributed by atoms with van der Waals surface area (Å²) >= 11 is 3.39. The summed E-state index contributed by atoms with van der Waals surface area (Å²) in [5, 5.41) is 0. The monoisotopic (exact) mass is 373 g/mol. The van der Waals surface area contributed by atoms with E-state index in [9.17, 15) is 8.60 Å². The fourth-order valence-corrected chi connectivity index (χ4v) is 2.71. The zero-order chi connectivity index (χ0) is 15.8. The molecule has 0 saturated heterocycles. The van der Waals surface area contributed by atoms with Gasteiger partial charge in [0.05, 0.1) is 15.4 Å². The molecule has 4 nitrogen and oxygen atoms in total. The van der Waals surface area contributed by atoms with Crippen LogP contribution in [0.15, 0.2) is 27.3 Å². The maximum Gasteiger partial charge on any atom is 0.151 e. The Morgan fingerprint density at radius 1 is 1.48 bits per heavy atom. The number of halogens is 2. The number of aromatic nitrogens is 2. The Balaban J connectivity index is 2.38. The van der Waals surface area contributed by atoms with Crippen LogP contribution in [0.1, 0.15) is 45.1 Å². The first-order valence-electron chi connectivity index (χ1n) is 6.47. The molecular weight excluding hydrogens is 357 g/mol. The minimum atomic E-state index is -1.33. The van der Waals surface area contributed by atoms with Gasteiger partial charge in [0.25, 0.3) is 0 Å². The highest BCUT2D eigenvalue weighted by molar-refractivity contribution is 9.10. The molecule has 0 aliphatic rings. The molecule has 2 aromatic rings. The Labute approximate surface area is 134 Å². The van der Waals surface area contributed by atoms with Gasteiger partial charge in [0, 0.05) is 18.0 Å². The molecule has 21 heavy (non-hydrogen) atoms. The Morgan fingerprint density at radius 2 is 2.14 bits per heavy atom. The van der Waals surface area contributed by atoms with E-state index in [4.69, 9.17) is 0 Å². The molecule has 0 saturated carbocycles. The predicted octanol–water partition coefficient (Wildman–Crippen LogP) is 4.01. The van der Waals surface area contributed by atoms with Crippen LogP contribution in [0.25, 0.3) is 5.65 Å². The summed E-state index contributed by atoms with van der Waals surface area (Å²) in [5.41, 5.74) is 1.81. The number of rotatable bonds is 3. The van der Waals surface area contributed by atoms with Crippen LogP contribution in [0.3, 0.4) is 0 Å². The van der Waals surface area contributed by atoms with Gasteiger partial charge in [-0.2, -0.15) is 4.40 Å². The van der Waals surface area contributed by atoms with Gasteiger partial charge in [-0.25, -0.2) is 13.6 Å². The van der Waals surface area contributed by atoms with Gasteiger partial charge < -0.3 is 4.40 Å². The molecule has 2 atom stereocenters. The van der Waals surface area contributed by atoms with Crippen molar-refractivity contribution < 1.29 is 8.60 Å². The van der Waals surface area contributed by atoms with Crippen LogP contribution < -0.4 is 0 Å². The first-order chi connectivity index (χ1) is 9.68. The summed E-state index contributed by atoms with van der Waals surface area (Å²) in [6, 6.07) is 1.71. The van der Waals surface area contributed by atoms with Crippen LogP contribution >= 0.6 is 15.9 Å². The molecular formula is C14H17BrFN3OS. The summed E-state index contributed by atoms with van der Waals surface area (Å²) in [4.78, 5) is 4.38. The highest BCUT2D eigenvalue weighted by Crippen LogP contribution is 2.24. The zero-order valence-corrected chi connectivity index (χ0v) is 14.7. The molecule has 7 heteroatoms. The average molecular weight is 374 g/mol. The van der Waals surface area contributed by atoms with Gasteiger partial charge in [-0.1, -0.05) is 0 Å². The van der Waals surface area contributed by atoms with Crippen molar-refractivity contribution in [1.29, 1.82) is 0 Å². The van der Waals surface area contributed by atoms with E-state index in [2.05, 4.69) is 25.3 Å². The van der Waals surface area contributed by atoms with Crippen LogP contribution in [0.2, 0.25) is 0 Å². The Kier molecular flexibility index (Phi) is 4.63. The molecule has 0 N–H and O–H groups in total. The lowest BCUT2D eigenvalue weighted by Crippen LogP contribution is -2.19. The van der Waals surface area contributed by atoms with Crippen LogP contribution in [0.5, 0.6) is 0 Å². The van der Waals surface area contributed by atoms with E-state index in [1.54, 1.807) is 22.9 Å². The van der Waals surface area contributed by atoms with Crippen molar-refractivity contribution in [3.05, 3.63) is 34.2 Å². The number of pyridine rings is 1. The summed E-state index contributed by atoms with van der Waals surface area (Å²) < 4.78 is 31.4. The minimum Gasteiger partial charge on any atom is -0.305 e. The third kappa shape index (κ3) is 3.77. The van der Waals surface area contributed by atoms with Crippen molar-refractivity contribution in [3.63, 3.8) is 0 Å². The van der Waals surface area contributed by atoms with Gasteiger partial charge in [-0.3, -0.25) is 0 Å². The summed E-state index contributed by atoms with van der Waals surface area (Å²) in [6.45, 7) is 7.06. The van der Waals surface area contributed by atoms with E-state index >= 15 is 0 Å². The second-order valence-electron chi connectivity index (χ2n) is 5.73. The number of fused-ring (bicyclic) bond motifs is 1. The van der Waals surface area contributed by atoms with Crippen molar-refractivity contribution in [2.24, 2.45) is 4.40 Å². The number of hydrogen-bond acceptors (Lipinski definition) is 2. The Hall–Kier alpha value is -1.08.